The standard InChI is InChI=1S/C22H22BO3/c1-21(2,24)22(3,4)26-23-18-11-7-10-16-17-12-14-8-5-6-9-15(14)13-19(17)25-20(16)18/h5-13,24H,1-4H3. The molecule has 0 amide bonds. The van der Waals surface area contributed by atoms with Crippen molar-refractivity contribution in [3.63, 3.8) is 0 Å². The van der Waals surface area contributed by atoms with Crippen LogP contribution in [0.3, 0.4) is 0 Å². The Morgan fingerprint density at radius 1 is 0.885 bits per heavy atom. The molecule has 3 aromatic carbocycles. The van der Waals surface area contributed by atoms with Gasteiger partial charge in [-0.1, -0.05) is 42.5 Å². The van der Waals surface area contributed by atoms with Gasteiger partial charge in [0, 0.05) is 10.8 Å². The van der Waals surface area contributed by atoms with Crippen molar-refractivity contribution < 1.29 is 14.2 Å². The fourth-order valence-electron chi connectivity index (χ4n) is 2.95. The lowest BCUT2D eigenvalue weighted by Gasteiger charge is -2.37. The van der Waals surface area contributed by atoms with E-state index in [2.05, 4.69) is 30.3 Å². The Morgan fingerprint density at radius 2 is 1.58 bits per heavy atom. The van der Waals surface area contributed by atoms with E-state index in [0.717, 1.165) is 32.8 Å². The lowest BCUT2D eigenvalue weighted by atomic mass is 9.82. The molecule has 0 aliphatic carbocycles. The molecule has 26 heavy (non-hydrogen) atoms. The van der Waals surface area contributed by atoms with Gasteiger partial charge in [-0.05, 0) is 56.1 Å². The van der Waals surface area contributed by atoms with Crippen molar-refractivity contribution in [2.24, 2.45) is 0 Å². The molecule has 0 fully saturated rings. The van der Waals surface area contributed by atoms with Crippen LogP contribution < -0.4 is 5.46 Å². The van der Waals surface area contributed by atoms with E-state index in [1.165, 1.54) is 5.39 Å². The maximum absolute atomic E-state index is 10.3. The first-order valence-electron chi connectivity index (χ1n) is 8.84. The van der Waals surface area contributed by atoms with Crippen LogP contribution in [0.2, 0.25) is 0 Å². The van der Waals surface area contributed by atoms with Gasteiger partial charge in [-0.15, -0.1) is 0 Å². The van der Waals surface area contributed by atoms with E-state index >= 15 is 0 Å². The smallest absolute Gasteiger partial charge is 0.334 e. The highest BCUT2D eigenvalue weighted by molar-refractivity contribution is 6.51. The minimum Gasteiger partial charge on any atom is -0.457 e. The van der Waals surface area contributed by atoms with Gasteiger partial charge < -0.3 is 14.2 Å². The Bertz CT molecular complexity index is 1100. The molecular formula is C22H22BO3. The number of hydrogen-bond donors (Lipinski definition) is 1. The van der Waals surface area contributed by atoms with E-state index in [-0.39, 0.29) is 0 Å². The van der Waals surface area contributed by atoms with Gasteiger partial charge >= 0.3 is 7.48 Å². The van der Waals surface area contributed by atoms with Crippen molar-refractivity contribution in [1.29, 1.82) is 0 Å². The number of aliphatic hydroxyl groups is 1. The summed E-state index contributed by atoms with van der Waals surface area (Å²) in [6.07, 6.45) is 0. The minimum absolute atomic E-state index is 0.726. The highest BCUT2D eigenvalue weighted by atomic mass is 16.5. The molecule has 3 nitrogen and oxygen atoms in total. The molecule has 0 bridgehead atoms. The number of rotatable bonds is 4. The van der Waals surface area contributed by atoms with E-state index < -0.39 is 11.2 Å². The fourth-order valence-corrected chi connectivity index (χ4v) is 2.95. The predicted molar refractivity (Wildman–Crippen MR) is 108 cm³/mol. The molecule has 4 heteroatoms. The molecule has 4 aromatic rings. The van der Waals surface area contributed by atoms with E-state index in [1.54, 1.807) is 21.3 Å². The van der Waals surface area contributed by atoms with Gasteiger partial charge in [-0.25, -0.2) is 0 Å². The average molecular weight is 345 g/mol. The quantitative estimate of drug-likeness (QED) is 0.552. The average Bonchev–Trinajstić information content (AvgIpc) is 2.95. The van der Waals surface area contributed by atoms with E-state index in [4.69, 9.17) is 9.07 Å². The highest BCUT2D eigenvalue weighted by Gasteiger charge is 2.36. The minimum atomic E-state index is -0.969. The molecule has 0 spiro atoms. The Kier molecular flexibility index (Phi) is 3.87. The normalized spacial score (nSPS) is 13.0. The topological polar surface area (TPSA) is 42.6 Å². The van der Waals surface area contributed by atoms with Crippen LogP contribution in [-0.2, 0) is 4.65 Å². The second-order valence-electron chi connectivity index (χ2n) is 7.83. The summed E-state index contributed by atoms with van der Waals surface area (Å²) in [6.45, 7) is 7.23. The van der Waals surface area contributed by atoms with Crippen LogP contribution in [0, 0.1) is 0 Å². The molecule has 131 valence electrons. The lowest BCUT2D eigenvalue weighted by molar-refractivity contribution is -0.0893. The van der Waals surface area contributed by atoms with Crippen LogP contribution in [0.1, 0.15) is 27.7 Å². The predicted octanol–water partition coefficient (Wildman–Crippen LogP) is 4.55. The van der Waals surface area contributed by atoms with E-state index in [1.807, 2.05) is 38.1 Å². The van der Waals surface area contributed by atoms with Crippen LogP contribution in [-0.4, -0.2) is 23.8 Å². The molecule has 4 rings (SSSR count). The molecular weight excluding hydrogens is 323 g/mol. The third-order valence-corrected chi connectivity index (χ3v) is 5.35. The zero-order valence-corrected chi connectivity index (χ0v) is 15.5. The first-order valence-corrected chi connectivity index (χ1v) is 8.84. The van der Waals surface area contributed by atoms with Gasteiger partial charge in [0.15, 0.2) is 0 Å². The number of furan rings is 1. The summed E-state index contributed by atoms with van der Waals surface area (Å²) in [7, 11) is 1.68. The van der Waals surface area contributed by atoms with Crippen LogP contribution in [0.25, 0.3) is 32.7 Å². The van der Waals surface area contributed by atoms with Crippen molar-refractivity contribution in [1.82, 2.24) is 0 Å². The molecule has 0 atom stereocenters. The Labute approximate surface area is 153 Å². The monoisotopic (exact) mass is 345 g/mol. The number of fused-ring (bicyclic) bond motifs is 4. The van der Waals surface area contributed by atoms with E-state index in [0.29, 0.717) is 0 Å². The summed E-state index contributed by atoms with van der Waals surface area (Å²) in [5.41, 5.74) is 0.824. The Balaban J connectivity index is 1.80. The maximum atomic E-state index is 10.3. The third-order valence-electron chi connectivity index (χ3n) is 5.35. The van der Waals surface area contributed by atoms with Crippen molar-refractivity contribution in [2.75, 3.05) is 0 Å². The first-order chi connectivity index (χ1) is 12.3. The second kappa shape index (κ2) is 5.87. The van der Waals surface area contributed by atoms with Crippen molar-refractivity contribution in [2.45, 2.75) is 38.9 Å². The largest absolute Gasteiger partial charge is 0.457 e. The zero-order valence-electron chi connectivity index (χ0n) is 15.5. The lowest BCUT2D eigenvalue weighted by Crippen LogP contribution is -2.49. The summed E-state index contributed by atoms with van der Waals surface area (Å²) in [5, 5.41) is 14.8. The van der Waals surface area contributed by atoms with Crippen molar-refractivity contribution >= 4 is 45.7 Å². The second-order valence-corrected chi connectivity index (χ2v) is 7.83. The van der Waals surface area contributed by atoms with E-state index in [9.17, 15) is 5.11 Å². The summed E-state index contributed by atoms with van der Waals surface area (Å²) in [5.74, 6) is 0. The van der Waals surface area contributed by atoms with Crippen LogP contribution in [0.5, 0.6) is 0 Å². The fraction of sp³-hybridized carbons (Fsp3) is 0.273. The van der Waals surface area contributed by atoms with Gasteiger partial charge in [-0.3, -0.25) is 0 Å². The van der Waals surface area contributed by atoms with Crippen LogP contribution in [0.15, 0.2) is 59.0 Å². The van der Waals surface area contributed by atoms with Gasteiger partial charge in [0.1, 0.15) is 11.2 Å². The van der Waals surface area contributed by atoms with Gasteiger partial charge in [0.05, 0.1) is 11.2 Å². The Hall–Kier alpha value is -2.30. The summed E-state index contributed by atoms with van der Waals surface area (Å²) < 4.78 is 12.1. The molecule has 1 heterocycles. The van der Waals surface area contributed by atoms with Crippen molar-refractivity contribution in [3.8, 4) is 0 Å². The molecule has 0 aliphatic heterocycles. The highest BCUT2D eigenvalue weighted by Crippen LogP contribution is 2.31. The molecule has 1 aromatic heterocycles. The maximum Gasteiger partial charge on any atom is 0.334 e. The SMILES string of the molecule is CC(C)(O)C(C)(C)O[B]c1cccc2c1oc1cc3ccccc3cc12. The van der Waals surface area contributed by atoms with Crippen LogP contribution in [0.4, 0.5) is 0 Å². The van der Waals surface area contributed by atoms with Crippen molar-refractivity contribution in [3.05, 3.63) is 54.6 Å². The molecule has 1 radical (unpaired) electrons. The summed E-state index contributed by atoms with van der Waals surface area (Å²) >= 11 is 0. The molecule has 0 unspecified atom stereocenters. The van der Waals surface area contributed by atoms with Crippen LogP contribution >= 0.6 is 0 Å². The Morgan fingerprint density at radius 3 is 2.27 bits per heavy atom. The molecule has 0 saturated carbocycles. The first kappa shape index (κ1) is 17.1. The number of benzene rings is 3. The molecule has 0 aliphatic rings. The number of para-hydroxylation sites is 1. The third kappa shape index (κ3) is 2.79. The summed E-state index contributed by atoms with van der Waals surface area (Å²) in [4.78, 5) is 0. The van der Waals surface area contributed by atoms with Gasteiger partial charge in [0.2, 0.25) is 0 Å². The zero-order chi connectivity index (χ0) is 18.5. The van der Waals surface area contributed by atoms with Gasteiger partial charge in [0.25, 0.3) is 0 Å². The molecule has 1 N–H and O–H groups in total. The molecule has 0 saturated heterocycles. The summed E-state index contributed by atoms with van der Waals surface area (Å²) in [6, 6.07) is 18.5. The van der Waals surface area contributed by atoms with Gasteiger partial charge in [-0.2, -0.15) is 0 Å². The number of hydrogen-bond acceptors (Lipinski definition) is 3.